The van der Waals surface area contributed by atoms with Crippen molar-refractivity contribution in [3.63, 3.8) is 0 Å². The van der Waals surface area contributed by atoms with Gasteiger partial charge >= 0.3 is 0 Å². The fourth-order valence-electron chi connectivity index (χ4n) is 1.54. The van der Waals surface area contributed by atoms with E-state index in [4.69, 9.17) is 10.5 Å². The molecule has 2 unspecified atom stereocenters. The van der Waals surface area contributed by atoms with Gasteiger partial charge in [-0.25, -0.2) is 4.98 Å². The van der Waals surface area contributed by atoms with Gasteiger partial charge in [0.1, 0.15) is 0 Å². The van der Waals surface area contributed by atoms with Crippen molar-refractivity contribution < 1.29 is 4.74 Å². The van der Waals surface area contributed by atoms with Gasteiger partial charge in [-0.05, 0) is 0 Å². The van der Waals surface area contributed by atoms with Crippen LogP contribution >= 0.6 is 11.3 Å². The zero-order valence-corrected chi connectivity index (χ0v) is 8.80. The first-order valence-electron chi connectivity index (χ1n) is 4.77. The zero-order chi connectivity index (χ0) is 9.80. The maximum Gasteiger partial charge on any atom is 0.0795 e. The predicted octanol–water partition coefficient (Wildman–Crippen LogP) is 0.206. The van der Waals surface area contributed by atoms with Crippen molar-refractivity contribution in [3.05, 3.63) is 16.6 Å². The van der Waals surface area contributed by atoms with E-state index in [0.29, 0.717) is 12.5 Å². The number of rotatable bonds is 4. The number of hydrogen-bond donors (Lipinski definition) is 2. The summed E-state index contributed by atoms with van der Waals surface area (Å²) in [5.74, 6) is 0.452. The van der Waals surface area contributed by atoms with Crippen LogP contribution in [0.3, 0.4) is 0 Å². The highest BCUT2D eigenvalue weighted by atomic mass is 32.1. The molecule has 5 heteroatoms. The second-order valence-electron chi connectivity index (χ2n) is 3.57. The lowest BCUT2D eigenvalue weighted by molar-refractivity contribution is 0.183. The molecule has 4 nitrogen and oxygen atoms in total. The van der Waals surface area contributed by atoms with E-state index >= 15 is 0 Å². The van der Waals surface area contributed by atoms with Crippen LogP contribution in [0.2, 0.25) is 0 Å². The number of hydrogen-bond acceptors (Lipinski definition) is 5. The summed E-state index contributed by atoms with van der Waals surface area (Å²) < 4.78 is 5.28. The number of thiazole rings is 1. The van der Waals surface area contributed by atoms with Gasteiger partial charge in [-0.3, -0.25) is 0 Å². The van der Waals surface area contributed by atoms with Crippen LogP contribution < -0.4 is 11.1 Å². The van der Waals surface area contributed by atoms with E-state index in [2.05, 4.69) is 15.7 Å². The first-order chi connectivity index (χ1) is 6.86. The number of aromatic nitrogens is 1. The minimum Gasteiger partial charge on any atom is -0.379 e. The molecule has 3 N–H and O–H groups in total. The second-order valence-corrected chi connectivity index (χ2v) is 4.29. The van der Waals surface area contributed by atoms with Crippen LogP contribution in [0, 0.1) is 5.92 Å². The van der Waals surface area contributed by atoms with E-state index in [1.165, 1.54) is 0 Å². The minimum absolute atomic E-state index is 0.193. The molecule has 1 fully saturated rings. The quantitative estimate of drug-likeness (QED) is 0.750. The fraction of sp³-hybridized carbons (Fsp3) is 0.667. The Hall–Kier alpha value is -0.490. The highest BCUT2D eigenvalue weighted by Crippen LogP contribution is 2.10. The highest BCUT2D eigenvalue weighted by molar-refractivity contribution is 7.07. The molecule has 1 aliphatic rings. The average molecular weight is 213 g/mol. The summed E-state index contributed by atoms with van der Waals surface area (Å²) in [7, 11) is 0. The third kappa shape index (κ3) is 2.51. The van der Waals surface area contributed by atoms with Gasteiger partial charge in [-0.15, -0.1) is 11.3 Å². The lowest BCUT2D eigenvalue weighted by Crippen LogP contribution is -2.35. The first kappa shape index (κ1) is 10.0. The molecule has 0 aromatic carbocycles. The van der Waals surface area contributed by atoms with Gasteiger partial charge in [0, 0.05) is 30.4 Å². The molecule has 0 aliphatic carbocycles. The number of nitrogens with two attached hydrogens (primary N) is 1. The third-order valence-electron chi connectivity index (χ3n) is 2.44. The van der Waals surface area contributed by atoms with Crippen molar-refractivity contribution in [3.8, 4) is 0 Å². The van der Waals surface area contributed by atoms with E-state index in [0.717, 1.165) is 25.4 Å². The monoisotopic (exact) mass is 213 g/mol. The molecular formula is C9H15N3OS. The van der Waals surface area contributed by atoms with Crippen molar-refractivity contribution >= 4 is 11.3 Å². The summed E-state index contributed by atoms with van der Waals surface area (Å²) in [4.78, 5) is 4.19. The van der Waals surface area contributed by atoms with Crippen molar-refractivity contribution in [2.45, 2.75) is 12.6 Å². The largest absolute Gasteiger partial charge is 0.379 e. The Morgan fingerprint density at radius 1 is 1.64 bits per heavy atom. The Labute approximate surface area is 87.5 Å². The second kappa shape index (κ2) is 4.84. The molecule has 0 amide bonds. The maximum absolute atomic E-state index is 5.86. The van der Waals surface area contributed by atoms with Crippen molar-refractivity contribution in [2.24, 2.45) is 11.7 Å². The fourth-order valence-corrected chi connectivity index (χ4v) is 2.09. The summed E-state index contributed by atoms with van der Waals surface area (Å²) in [6, 6.07) is 0.193. The van der Waals surface area contributed by atoms with Crippen LogP contribution in [0.4, 0.5) is 0 Å². The topological polar surface area (TPSA) is 60.2 Å². The minimum atomic E-state index is 0.193. The van der Waals surface area contributed by atoms with Crippen molar-refractivity contribution in [1.82, 2.24) is 10.3 Å². The Kier molecular flexibility index (Phi) is 3.47. The first-order valence-corrected chi connectivity index (χ1v) is 5.71. The van der Waals surface area contributed by atoms with Crippen LogP contribution in [0.5, 0.6) is 0 Å². The molecule has 0 bridgehead atoms. The molecule has 2 heterocycles. The molecule has 0 spiro atoms. The standard InChI is InChI=1S/C9H15N3OS/c10-9-4-13-3-7(9)1-11-2-8-5-14-6-12-8/h5-7,9,11H,1-4,10H2. The number of nitrogens with one attached hydrogen (secondary N) is 1. The van der Waals surface area contributed by atoms with Crippen molar-refractivity contribution in [1.29, 1.82) is 0 Å². The van der Waals surface area contributed by atoms with Crippen LogP contribution in [0.1, 0.15) is 5.69 Å². The highest BCUT2D eigenvalue weighted by Gasteiger charge is 2.23. The van der Waals surface area contributed by atoms with E-state index < -0.39 is 0 Å². The lowest BCUT2D eigenvalue weighted by atomic mass is 10.1. The number of nitrogens with zero attached hydrogens (tertiary/aromatic N) is 1. The van der Waals surface area contributed by atoms with Crippen LogP contribution in [0.15, 0.2) is 10.9 Å². The molecule has 1 saturated heterocycles. The maximum atomic E-state index is 5.86. The molecule has 0 radical (unpaired) electrons. The molecule has 1 aromatic rings. The van der Waals surface area contributed by atoms with E-state index in [1.54, 1.807) is 11.3 Å². The molecule has 78 valence electrons. The van der Waals surface area contributed by atoms with Gasteiger partial charge in [-0.1, -0.05) is 0 Å². The summed E-state index contributed by atoms with van der Waals surface area (Å²) in [5.41, 5.74) is 8.81. The van der Waals surface area contributed by atoms with E-state index in [9.17, 15) is 0 Å². The number of ether oxygens (including phenoxy) is 1. The molecular weight excluding hydrogens is 198 g/mol. The average Bonchev–Trinajstić information content (AvgIpc) is 2.78. The Morgan fingerprint density at radius 3 is 3.21 bits per heavy atom. The predicted molar refractivity (Wildman–Crippen MR) is 56.1 cm³/mol. The summed E-state index contributed by atoms with van der Waals surface area (Å²) in [5, 5.41) is 5.40. The molecule has 14 heavy (non-hydrogen) atoms. The van der Waals surface area contributed by atoms with Gasteiger partial charge in [0.25, 0.3) is 0 Å². The Balaban J connectivity index is 1.68. The Bertz CT molecular complexity index is 265. The van der Waals surface area contributed by atoms with Crippen LogP contribution in [-0.2, 0) is 11.3 Å². The van der Waals surface area contributed by atoms with E-state index in [1.807, 2.05) is 5.51 Å². The normalized spacial score (nSPS) is 26.9. The van der Waals surface area contributed by atoms with Gasteiger partial charge in [0.2, 0.25) is 0 Å². The summed E-state index contributed by atoms with van der Waals surface area (Å²) >= 11 is 1.62. The van der Waals surface area contributed by atoms with E-state index in [-0.39, 0.29) is 6.04 Å². The smallest absolute Gasteiger partial charge is 0.0795 e. The van der Waals surface area contributed by atoms with Gasteiger partial charge in [-0.2, -0.15) is 0 Å². The SMILES string of the molecule is NC1COCC1CNCc1cscn1. The lowest BCUT2D eigenvalue weighted by Gasteiger charge is -2.12. The third-order valence-corrected chi connectivity index (χ3v) is 3.08. The Morgan fingerprint density at radius 2 is 2.57 bits per heavy atom. The molecule has 2 atom stereocenters. The molecule has 2 rings (SSSR count). The molecule has 1 aromatic heterocycles. The zero-order valence-electron chi connectivity index (χ0n) is 7.98. The van der Waals surface area contributed by atoms with Gasteiger partial charge < -0.3 is 15.8 Å². The van der Waals surface area contributed by atoms with Crippen LogP contribution in [0.25, 0.3) is 0 Å². The summed E-state index contributed by atoms with van der Waals surface area (Å²) in [6.45, 7) is 3.22. The van der Waals surface area contributed by atoms with Crippen LogP contribution in [-0.4, -0.2) is 30.8 Å². The molecule has 1 aliphatic heterocycles. The molecule has 0 saturated carbocycles. The van der Waals surface area contributed by atoms with Gasteiger partial charge in [0.05, 0.1) is 24.4 Å². The van der Waals surface area contributed by atoms with Crippen molar-refractivity contribution in [2.75, 3.05) is 19.8 Å². The van der Waals surface area contributed by atoms with Gasteiger partial charge in [0.15, 0.2) is 0 Å². The summed E-state index contributed by atoms with van der Waals surface area (Å²) in [6.07, 6.45) is 0.